The van der Waals surface area contributed by atoms with Gasteiger partial charge in [0, 0.05) is 16.2 Å². The molecule has 5 heteroatoms. The van der Waals surface area contributed by atoms with E-state index in [0.717, 1.165) is 5.56 Å². The molecule has 0 aliphatic carbocycles. The minimum atomic E-state index is -0.747. The first kappa shape index (κ1) is 13.7. The van der Waals surface area contributed by atoms with E-state index < -0.39 is 11.6 Å². The molecule has 0 aliphatic rings. The predicted octanol–water partition coefficient (Wildman–Crippen LogP) is 3.53. The highest BCUT2D eigenvalue weighted by atomic mass is 79.9. The monoisotopic (exact) mass is 323 g/mol. The topological polar surface area (TPSA) is 39.2 Å². The number of methoxy groups -OCH3 is 1. The van der Waals surface area contributed by atoms with E-state index in [9.17, 15) is 9.18 Å². The number of aryl methyl sites for hydroxylation is 1. The fraction of sp³-hybridized carbons (Fsp3) is 0.143. The third kappa shape index (κ3) is 2.66. The van der Waals surface area contributed by atoms with Crippen molar-refractivity contribution in [1.82, 2.24) is 4.98 Å². The van der Waals surface area contributed by atoms with Crippen molar-refractivity contribution < 1.29 is 13.9 Å². The van der Waals surface area contributed by atoms with Gasteiger partial charge in [-0.1, -0.05) is 27.6 Å². The first-order chi connectivity index (χ1) is 9.04. The summed E-state index contributed by atoms with van der Waals surface area (Å²) in [6.45, 7) is 1.87. The second-order valence-corrected chi connectivity index (χ2v) is 4.85. The number of hydrogen-bond acceptors (Lipinski definition) is 3. The molecular formula is C14H11BrFNO2. The fourth-order valence-electron chi connectivity index (χ4n) is 1.70. The zero-order chi connectivity index (χ0) is 14.0. The summed E-state index contributed by atoms with van der Waals surface area (Å²) < 4.78 is 19.4. The van der Waals surface area contributed by atoms with E-state index in [0.29, 0.717) is 10.0 Å². The van der Waals surface area contributed by atoms with Gasteiger partial charge in [0.25, 0.3) is 5.88 Å². The molecule has 1 aromatic carbocycles. The summed E-state index contributed by atoms with van der Waals surface area (Å²) in [5.41, 5.74) is 1.28. The minimum absolute atomic E-state index is 0.0573. The van der Waals surface area contributed by atoms with E-state index in [-0.39, 0.29) is 11.4 Å². The van der Waals surface area contributed by atoms with Crippen LogP contribution in [0.4, 0.5) is 4.39 Å². The molecule has 0 amide bonds. The molecule has 0 radical (unpaired) electrons. The Morgan fingerprint density at radius 3 is 2.74 bits per heavy atom. The number of nitrogens with zero attached hydrogens (tertiary/aromatic N) is 1. The number of carbonyl (C=O) groups is 1. The lowest BCUT2D eigenvalue weighted by atomic mass is 10.0. The van der Waals surface area contributed by atoms with Crippen LogP contribution in [-0.4, -0.2) is 17.9 Å². The lowest BCUT2D eigenvalue weighted by Gasteiger charge is -2.08. The molecule has 3 nitrogen and oxygen atoms in total. The normalized spacial score (nSPS) is 10.3. The summed E-state index contributed by atoms with van der Waals surface area (Å²) in [7, 11) is 1.31. The summed E-state index contributed by atoms with van der Waals surface area (Å²) in [4.78, 5) is 16.1. The van der Waals surface area contributed by atoms with Gasteiger partial charge in [0.1, 0.15) is 0 Å². The Labute approximate surface area is 118 Å². The molecule has 0 unspecified atom stereocenters. The van der Waals surface area contributed by atoms with Crippen LogP contribution in [0.25, 0.3) is 0 Å². The summed E-state index contributed by atoms with van der Waals surface area (Å²) >= 11 is 3.30. The van der Waals surface area contributed by atoms with Crippen molar-refractivity contribution in [1.29, 1.82) is 0 Å². The Balaban J connectivity index is 2.53. The number of ketones is 1. The molecule has 0 saturated carbocycles. The summed E-state index contributed by atoms with van der Waals surface area (Å²) in [6, 6.07) is 6.68. The molecule has 0 bridgehead atoms. The number of pyridine rings is 1. The van der Waals surface area contributed by atoms with E-state index in [2.05, 4.69) is 20.9 Å². The first-order valence-electron chi connectivity index (χ1n) is 5.54. The van der Waals surface area contributed by atoms with Crippen LogP contribution in [-0.2, 0) is 0 Å². The van der Waals surface area contributed by atoms with Crippen LogP contribution >= 0.6 is 15.9 Å². The molecule has 0 atom stereocenters. The van der Waals surface area contributed by atoms with Gasteiger partial charge in [-0.25, -0.2) is 9.37 Å². The Hall–Kier alpha value is -1.75. The quantitative estimate of drug-likeness (QED) is 0.811. The van der Waals surface area contributed by atoms with Crippen molar-refractivity contribution in [3.05, 3.63) is 57.4 Å². The Morgan fingerprint density at radius 1 is 1.32 bits per heavy atom. The van der Waals surface area contributed by atoms with E-state index >= 15 is 0 Å². The SMILES string of the molecule is COc1nccc(C(=O)c2cc(C)ccc2Br)c1F. The van der Waals surface area contributed by atoms with Crippen molar-refractivity contribution >= 4 is 21.7 Å². The lowest BCUT2D eigenvalue weighted by molar-refractivity contribution is 0.103. The van der Waals surface area contributed by atoms with Gasteiger partial charge in [-0.05, 0) is 25.1 Å². The van der Waals surface area contributed by atoms with Gasteiger partial charge in [0.2, 0.25) is 0 Å². The van der Waals surface area contributed by atoms with E-state index in [4.69, 9.17) is 4.74 Å². The average Bonchev–Trinajstić information content (AvgIpc) is 2.41. The molecule has 98 valence electrons. The Morgan fingerprint density at radius 2 is 2.05 bits per heavy atom. The van der Waals surface area contributed by atoms with Gasteiger partial charge in [0.05, 0.1) is 12.7 Å². The minimum Gasteiger partial charge on any atom is -0.479 e. The zero-order valence-corrected chi connectivity index (χ0v) is 12.0. The molecule has 2 aromatic rings. The number of rotatable bonds is 3. The van der Waals surface area contributed by atoms with Crippen LogP contribution < -0.4 is 4.74 Å². The van der Waals surface area contributed by atoms with Gasteiger partial charge in [-0.2, -0.15) is 0 Å². The molecule has 0 aliphatic heterocycles. The van der Waals surface area contributed by atoms with Crippen LogP contribution in [0, 0.1) is 12.7 Å². The highest BCUT2D eigenvalue weighted by Crippen LogP contribution is 2.24. The standard InChI is InChI=1S/C14H11BrFNO2/c1-8-3-4-11(15)10(7-8)13(18)9-5-6-17-14(19-2)12(9)16/h3-7H,1-2H3. The molecule has 19 heavy (non-hydrogen) atoms. The van der Waals surface area contributed by atoms with E-state index in [1.807, 2.05) is 13.0 Å². The van der Waals surface area contributed by atoms with E-state index in [1.165, 1.54) is 19.4 Å². The molecular weight excluding hydrogens is 313 g/mol. The number of ether oxygens (including phenoxy) is 1. The van der Waals surface area contributed by atoms with Crippen LogP contribution in [0.1, 0.15) is 21.5 Å². The highest BCUT2D eigenvalue weighted by Gasteiger charge is 2.20. The lowest BCUT2D eigenvalue weighted by Crippen LogP contribution is -2.07. The van der Waals surface area contributed by atoms with Crippen molar-refractivity contribution in [2.24, 2.45) is 0 Å². The number of benzene rings is 1. The highest BCUT2D eigenvalue weighted by molar-refractivity contribution is 9.10. The fourth-order valence-corrected chi connectivity index (χ4v) is 2.13. The number of halogens is 2. The average molecular weight is 324 g/mol. The van der Waals surface area contributed by atoms with Crippen LogP contribution in [0.15, 0.2) is 34.9 Å². The predicted molar refractivity (Wildman–Crippen MR) is 73.1 cm³/mol. The van der Waals surface area contributed by atoms with Crippen molar-refractivity contribution in [3.63, 3.8) is 0 Å². The smallest absolute Gasteiger partial charge is 0.250 e. The Bertz CT molecular complexity index is 643. The number of carbonyl (C=O) groups excluding carboxylic acids is 1. The van der Waals surface area contributed by atoms with Gasteiger partial charge < -0.3 is 4.74 Å². The molecule has 0 saturated heterocycles. The molecule has 0 fully saturated rings. The largest absolute Gasteiger partial charge is 0.479 e. The Kier molecular flexibility index (Phi) is 3.95. The van der Waals surface area contributed by atoms with Crippen LogP contribution in [0.5, 0.6) is 5.88 Å². The van der Waals surface area contributed by atoms with Crippen molar-refractivity contribution in [2.75, 3.05) is 7.11 Å². The first-order valence-corrected chi connectivity index (χ1v) is 6.33. The summed E-state index contributed by atoms with van der Waals surface area (Å²) in [5.74, 6) is -1.34. The second kappa shape index (κ2) is 5.48. The summed E-state index contributed by atoms with van der Waals surface area (Å²) in [5, 5.41) is 0. The molecule has 1 aromatic heterocycles. The zero-order valence-electron chi connectivity index (χ0n) is 10.4. The maximum absolute atomic E-state index is 14.0. The molecule has 1 heterocycles. The second-order valence-electron chi connectivity index (χ2n) is 3.99. The maximum atomic E-state index is 14.0. The maximum Gasteiger partial charge on any atom is 0.250 e. The summed E-state index contributed by atoms with van der Waals surface area (Å²) in [6.07, 6.45) is 1.35. The van der Waals surface area contributed by atoms with Gasteiger partial charge in [-0.3, -0.25) is 4.79 Å². The number of aromatic nitrogens is 1. The van der Waals surface area contributed by atoms with Gasteiger partial charge in [-0.15, -0.1) is 0 Å². The van der Waals surface area contributed by atoms with Crippen LogP contribution in [0.3, 0.4) is 0 Å². The molecule has 2 rings (SSSR count). The van der Waals surface area contributed by atoms with Crippen molar-refractivity contribution in [3.8, 4) is 5.88 Å². The third-order valence-corrected chi connectivity index (χ3v) is 3.35. The van der Waals surface area contributed by atoms with E-state index in [1.54, 1.807) is 12.1 Å². The molecule has 0 spiro atoms. The van der Waals surface area contributed by atoms with Gasteiger partial charge in [0.15, 0.2) is 11.6 Å². The molecule has 0 N–H and O–H groups in total. The number of hydrogen-bond donors (Lipinski definition) is 0. The van der Waals surface area contributed by atoms with Crippen LogP contribution in [0.2, 0.25) is 0 Å². The van der Waals surface area contributed by atoms with Gasteiger partial charge >= 0.3 is 0 Å². The third-order valence-electron chi connectivity index (χ3n) is 2.66. The van der Waals surface area contributed by atoms with Crippen molar-refractivity contribution in [2.45, 2.75) is 6.92 Å².